The van der Waals surface area contributed by atoms with Crippen molar-refractivity contribution in [1.82, 2.24) is 20.9 Å². The number of carbonyl (C=O) groups is 4. The van der Waals surface area contributed by atoms with Gasteiger partial charge in [0.2, 0.25) is 0 Å². The van der Waals surface area contributed by atoms with Gasteiger partial charge in [-0.2, -0.15) is 0 Å². The van der Waals surface area contributed by atoms with Gasteiger partial charge in [0, 0.05) is 37.1 Å². The number of nitrogens with two attached hydrogens (primary N) is 1. The number of halogens is 2. The Kier molecular flexibility index (Phi) is 16.9. The van der Waals surface area contributed by atoms with Gasteiger partial charge in [-0.25, -0.2) is 14.4 Å². The van der Waals surface area contributed by atoms with Crippen LogP contribution in [-0.2, 0) is 9.47 Å². The SMILES string of the molecule is CN1CCCN=C1c1ccc(N2C[C@H](CNC(=O)c3ccc(Cl)s3)OC2=O)cc1.CNCCCN.[C-]#[N+]c1ccc(N2C[C@H](CNC(=O)c3ccc(Cl)s3)OC2=O)cc1. The van der Waals surface area contributed by atoms with Gasteiger partial charge in [-0.05, 0) is 93.6 Å². The summed E-state index contributed by atoms with van der Waals surface area (Å²) in [7, 11) is 3.96. The molecule has 5 N–H and O–H groups in total. The molecule has 0 spiro atoms. The highest BCUT2D eigenvalue weighted by Crippen LogP contribution is 2.26. The Morgan fingerprint density at radius 2 is 1.36 bits per heavy atom. The fourth-order valence-electron chi connectivity index (χ4n) is 5.94. The number of amides is 4. The molecule has 2 saturated heterocycles. The summed E-state index contributed by atoms with van der Waals surface area (Å²) in [5.41, 5.74) is 8.13. The number of anilines is 2. The zero-order valence-corrected chi connectivity index (χ0v) is 35.6. The molecule has 0 saturated carbocycles. The fraction of sp³-hybridized carbons (Fsp3) is 0.350. The second kappa shape index (κ2) is 22.2. The maximum atomic E-state index is 12.3. The van der Waals surface area contributed by atoms with E-state index < -0.39 is 24.4 Å². The van der Waals surface area contributed by atoms with Crippen LogP contribution >= 0.6 is 45.9 Å². The minimum atomic E-state index is -0.469. The van der Waals surface area contributed by atoms with Crippen LogP contribution in [0.5, 0.6) is 0 Å². The number of cyclic esters (lactones) is 2. The summed E-state index contributed by atoms with van der Waals surface area (Å²) in [5.74, 6) is 0.502. The number of amidine groups is 1. The van der Waals surface area contributed by atoms with Gasteiger partial charge in [-0.15, -0.1) is 22.7 Å². The number of benzene rings is 2. The lowest BCUT2D eigenvalue weighted by Gasteiger charge is -2.25. The zero-order chi connectivity index (χ0) is 42.3. The van der Waals surface area contributed by atoms with Gasteiger partial charge >= 0.3 is 12.2 Å². The van der Waals surface area contributed by atoms with Crippen LogP contribution in [0.2, 0.25) is 8.67 Å². The molecular formula is C40H45Cl2N9O6S2. The summed E-state index contributed by atoms with van der Waals surface area (Å²) in [6.45, 7) is 11.8. The van der Waals surface area contributed by atoms with Crippen LogP contribution in [0.4, 0.5) is 26.7 Å². The van der Waals surface area contributed by atoms with E-state index in [1.807, 2.05) is 38.4 Å². The van der Waals surface area contributed by atoms with Gasteiger partial charge in [0.15, 0.2) is 5.69 Å². The number of nitrogens with zero attached hydrogens (tertiary/aromatic N) is 5. The molecule has 4 amide bonds. The second-order valence-electron chi connectivity index (χ2n) is 13.3. The summed E-state index contributed by atoms with van der Waals surface area (Å²) < 4.78 is 11.8. The Balaban J connectivity index is 0.000000200. The Bertz CT molecular complexity index is 2120. The van der Waals surface area contributed by atoms with E-state index in [0.29, 0.717) is 42.9 Å². The maximum Gasteiger partial charge on any atom is 0.414 e. The number of carbonyl (C=O) groups excluding carboxylic acids is 4. The van der Waals surface area contributed by atoms with E-state index in [9.17, 15) is 19.2 Å². The molecule has 59 heavy (non-hydrogen) atoms. The molecule has 5 heterocycles. The average molecular weight is 883 g/mol. The lowest BCUT2D eigenvalue weighted by atomic mass is 10.1. The first-order valence-electron chi connectivity index (χ1n) is 18.7. The van der Waals surface area contributed by atoms with Crippen molar-refractivity contribution in [2.75, 3.05) is 76.3 Å². The number of thiophene rings is 2. The minimum absolute atomic E-state index is 0.219. The van der Waals surface area contributed by atoms with Crippen molar-refractivity contribution in [3.8, 4) is 0 Å². The Morgan fingerprint density at radius 3 is 1.76 bits per heavy atom. The molecule has 2 aromatic heterocycles. The molecule has 0 unspecified atom stereocenters. The van der Waals surface area contributed by atoms with Crippen molar-refractivity contribution in [3.63, 3.8) is 0 Å². The summed E-state index contributed by atoms with van der Waals surface area (Å²) >= 11 is 14.1. The molecule has 3 aliphatic heterocycles. The summed E-state index contributed by atoms with van der Waals surface area (Å²) in [5, 5.41) is 8.51. The molecule has 15 nitrogen and oxygen atoms in total. The van der Waals surface area contributed by atoms with E-state index in [2.05, 4.69) is 30.7 Å². The number of rotatable bonds is 12. The van der Waals surface area contributed by atoms with Crippen LogP contribution in [0, 0.1) is 6.57 Å². The molecule has 0 bridgehead atoms. The zero-order valence-electron chi connectivity index (χ0n) is 32.5. The molecule has 2 fully saturated rings. The van der Waals surface area contributed by atoms with Gasteiger partial charge in [-0.3, -0.25) is 24.4 Å². The van der Waals surface area contributed by atoms with Crippen LogP contribution in [0.15, 0.2) is 77.8 Å². The normalized spacial score (nSPS) is 17.1. The fourth-order valence-corrected chi connectivity index (χ4v) is 7.86. The van der Waals surface area contributed by atoms with Crippen molar-refractivity contribution >= 4 is 92.8 Å². The third-order valence-electron chi connectivity index (χ3n) is 8.96. The molecule has 19 heteroatoms. The Hall–Kier alpha value is -5.22. The molecule has 0 radical (unpaired) electrons. The topological polar surface area (TPSA) is 175 Å². The lowest BCUT2D eigenvalue weighted by molar-refractivity contribution is 0.0915. The van der Waals surface area contributed by atoms with E-state index >= 15 is 0 Å². The number of hydrogen-bond donors (Lipinski definition) is 4. The predicted molar refractivity (Wildman–Crippen MR) is 234 cm³/mol. The van der Waals surface area contributed by atoms with Crippen LogP contribution in [0.3, 0.4) is 0 Å². The summed E-state index contributed by atoms with van der Waals surface area (Å²) in [6, 6.07) is 21.1. The predicted octanol–water partition coefficient (Wildman–Crippen LogP) is 6.50. The van der Waals surface area contributed by atoms with Crippen molar-refractivity contribution in [3.05, 3.63) is 108 Å². The standard InChI is InChI=1S/C20H21ClN4O3S.C16H12ClN3O3S.C4H12N2/c1-24-10-2-9-22-18(24)13-3-5-14(6-4-13)25-12-15(28-20(25)27)11-23-19(26)16-7-8-17(21)29-16;1-18-10-2-4-11(5-3-10)20-9-12(23-16(20)22)8-19-15(21)13-6-7-14(17)24-13;1-6-4-2-3-5/h3-8,15H,2,9-12H2,1H3,(H,23,26);2-7,12H,8-9H2,(H,19,21);6H,2-5H2,1H3/t15-;12-;/m00./s1. The number of aliphatic imine (C=N–C) groups is 1. The van der Waals surface area contributed by atoms with Crippen molar-refractivity contribution in [1.29, 1.82) is 0 Å². The van der Waals surface area contributed by atoms with Gasteiger partial charge in [0.1, 0.15) is 18.0 Å². The van der Waals surface area contributed by atoms with Gasteiger partial charge in [0.25, 0.3) is 11.8 Å². The highest BCUT2D eigenvalue weighted by molar-refractivity contribution is 7.18. The third-order valence-corrected chi connectivity index (χ3v) is 11.4. The summed E-state index contributed by atoms with van der Waals surface area (Å²) in [6.07, 6.45) is 0.422. The lowest BCUT2D eigenvalue weighted by Crippen LogP contribution is -2.34. The van der Waals surface area contributed by atoms with Crippen LogP contribution < -0.4 is 31.5 Å². The molecule has 2 aromatic carbocycles. The average Bonchev–Trinajstić information content (AvgIpc) is 4.06. The summed E-state index contributed by atoms with van der Waals surface area (Å²) in [4.78, 5) is 62.5. The molecule has 312 valence electrons. The molecule has 4 aromatic rings. The van der Waals surface area contributed by atoms with E-state index in [4.69, 9.17) is 45.0 Å². The van der Waals surface area contributed by atoms with E-state index in [1.54, 1.807) is 53.4 Å². The van der Waals surface area contributed by atoms with E-state index in [-0.39, 0.29) is 24.9 Å². The first-order chi connectivity index (χ1) is 28.5. The molecule has 2 atom stereocenters. The smallest absolute Gasteiger partial charge is 0.414 e. The quantitative estimate of drug-likeness (QED) is 0.0915. The van der Waals surface area contributed by atoms with Crippen molar-refractivity contribution < 1.29 is 28.7 Å². The van der Waals surface area contributed by atoms with Crippen LogP contribution in [0.25, 0.3) is 4.85 Å². The first-order valence-corrected chi connectivity index (χ1v) is 21.1. The maximum absolute atomic E-state index is 12.3. The molecular weight excluding hydrogens is 838 g/mol. The Morgan fingerprint density at radius 1 is 0.847 bits per heavy atom. The molecule has 7 rings (SSSR count). The largest absolute Gasteiger partial charge is 0.442 e. The number of hydrogen-bond acceptors (Lipinski definition) is 12. The van der Waals surface area contributed by atoms with Crippen LogP contribution in [-0.4, -0.2) is 113 Å². The van der Waals surface area contributed by atoms with Crippen LogP contribution in [0.1, 0.15) is 37.7 Å². The molecule has 0 aliphatic carbocycles. The van der Waals surface area contributed by atoms with E-state index in [0.717, 1.165) is 56.1 Å². The third kappa shape index (κ3) is 12.9. The van der Waals surface area contributed by atoms with Gasteiger partial charge in [0.05, 0.1) is 51.2 Å². The van der Waals surface area contributed by atoms with Crippen molar-refractivity contribution in [2.45, 2.75) is 25.0 Å². The second-order valence-corrected chi connectivity index (χ2v) is 16.7. The number of nitrogens with one attached hydrogen (secondary N) is 3. The Labute approximate surface area is 360 Å². The highest BCUT2D eigenvalue weighted by atomic mass is 35.5. The van der Waals surface area contributed by atoms with Gasteiger partial charge in [-0.1, -0.05) is 35.3 Å². The number of ether oxygens (including phenoxy) is 2. The monoisotopic (exact) mass is 881 g/mol. The minimum Gasteiger partial charge on any atom is -0.442 e. The van der Waals surface area contributed by atoms with E-state index in [1.165, 1.54) is 27.6 Å². The van der Waals surface area contributed by atoms with Crippen molar-refractivity contribution in [2.24, 2.45) is 10.7 Å². The highest BCUT2D eigenvalue weighted by Gasteiger charge is 2.34. The van der Waals surface area contributed by atoms with Gasteiger partial charge < -0.3 is 36.1 Å². The first kappa shape index (κ1) is 44.9. The molecule has 3 aliphatic rings.